The smallest absolute Gasteiger partial charge is 0.221 e. The highest BCUT2D eigenvalue weighted by molar-refractivity contribution is 14.0. The van der Waals surface area contributed by atoms with Gasteiger partial charge in [0.1, 0.15) is 5.75 Å². The second-order valence-corrected chi connectivity index (χ2v) is 7.05. The van der Waals surface area contributed by atoms with Gasteiger partial charge in [-0.3, -0.25) is 4.79 Å². The Bertz CT molecular complexity index is 811. The lowest BCUT2D eigenvalue weighted by Crippen LogP contribution is -2.39. The summed E-state index contributed by atoms with van der Waals surface area (Å²) in [6.07, 6.45) is 1.77. The predicted molar refractivity (Wildman–Crippen MR) is 141 cm³/mol. The molecule has 0 bridgehead atoms. The molecule has 2 aromatic rings. The summed E-state index contributed by atoms with van der Waals surface area (Å²) in [4.78, 5) is 15.8. The summed E-state index contributed by atoms with van der Waals surface area (Å²) < 4.78 is 10.6. The van der Waals surface area contributed by atoms with Crippen LogP contribution in [0.15, 0.2) is 53.5 Å². The van der Waals surface area contributed by atoms with Crippen molar-refractivity contribution >= 4 is 41.5 Å². The maximum absolute atomic E-state index is 11.1. The first kappa shape index (κ1) is 27.7. The van der Waals surface area contributed by atoms with Gasteiger partial charge in [-0.1, -0.05) is 24.3 Å². The zero-order chi connectivity index (χ0) is 22.3. The number of amides is 1. The van der Waals surface area contributed by atoms with Gasteiger partial charge >= 0.3 is 0 Å². The molecule has 3 N–H and O–H groups in total. The fourth-order valence-electron chi connectivity index (χ4n) is 2.88. The number of benzene rings is 2. The zero-order valence-electron chi connectivity index (χ0n) is 19.1. The highest BCUT2D eigenvalue weighted by Gasteiger charge is 2.01. The number of guanidine groups is 1. The second-order valence-electron chi connectivity index (χ2n) is 7.05. The molecule has 0 aromatic heterocycles. The Labute approximate surface area is 208 Å². The Morgan fingerprint density at radius 1 is 0.969 bits per heavy atom. The number of carbonyl (C=O) groups excluding carboxylic acids is 1. The highest BCUT2D eigenvalue weighted by Crippen LogP contribution is 2.12. The molecule has 0 radical (unpaired) electrons. The molecule has 1 amide bonds. The van der Waals surface area contributed by atoms with Crippen LogP contribution in [0.4, 0.5) is 5.69 Å². The van der Waals surface area contributed by atoms with Crippen LogP contribution in [-0.2, 0) is 22.5 Å². The average molecular weight is 554 g/mol. The van der Waals surface area contributed by atoms with Gasteiger partial charge in [0.05, 0.1) is 13.7 Å². The summed E-state index contributed by atoms with van der Waals surface area (Å²) in [7, 11) is 1.66. The predicted octanol–water partition coefficient (Wildman–Crippen LogP) is 3.98. The lowest BCUT2D eigenvalue weighted by molar-refractivity contribution is -0.114. The second kappa shape index (κ2) is 16.3. The lowest BCUT2D eigenvalue weighted by Gasteiger charge is -2.13. The van der Waals surface area contributed by atoms with Crippen molar-refractivity contribution in [2.24, 2.45) is 4.99 Å². The Kier molecular flexibility index (Phi) is 14.1. The van der Waals surface area contributed by atoms with E-state index in [-0.39, 0.29) is 29.9 Å². The molecule has 0 aliphatic heterocycles. The number of hydrogen-bond donors (Lipinski definition) is 3. The molecule has 0 aliphatic rings. The van der Waals surface area contributed by atoms with Crippen molar-refractivity contribution in [1.29, 1.82) is 0 Å². The van der Waals surface area contributed by atoms with E-state index in [1.54, 1.807) is 7.11 Å². The molecule has 0 atom stereocenters. The molecule has 32 heavy (non-hydrogen) atoms. The fraction of sp³-hybridized carbons (Fsp3) is 0.417. The molecular weight excluding hydrogens is 519 g/mol. The Morgan fingerprint density at radius 3 is 2.25 bits per heavy atom. The molecule has 7 nitrogen and oxygen atoms in total. The summed E-state index contributed by atoms with van der Waals surface area (Å²) in [6.45, 7) is 7.09. The standard InChI is InChI=1S/C24H34N4O3.HI/c1-4-31-17-5-15-25-24(27-18-21-8-12-23(30-3)13-9-21)26-16-14-20-6-10-22(11-7-20)28-19(2)29;/h6-13H,4-5,14-18H2,1-3H3,(H,28,29)(H2,25,26,27);1H. The van der Waals surface area contributed by atoms with Crippen LogP contribution in [0.5, 0.6) is 5.75 Å². The number of nitrogens with zero attached hydrogens (tertiary/aromatic N) is 1. The van der Waals surface area contributed by atoms with Gasteiger partial charge in [0.25, 0.3) is 0 Å². The normalized spacial score (nSPS) is 10.8. The third kappa shape index (κ3) is 11.3. The molecule has 0 unspecified atom stereocenters. The summed E-state index contributed by atoms with van der Waals surface area (Å²) in [6, 6.07) is 15.8. The topological polar surface area (TPSA) is 84.0 Å². The monoisotopic (exact) mass is 554 g/mol. The highest BCUT2D eigenvalue weighted by atomic mass is 127. The van der Waals surface area contributed by atoms with Crippen LogP contribution in [0.3, 0.4) is 0 Å². The van der Waals surface area contributed by atoms with Crippen molar-refractivity contribution in [3.63, 3.8) is 0 Å². The molecule has 2 rings (SSSR count). The summed E-state index contributed by atoms with van der Waals surface area (Å²) in [5.74, 6) is 1.55. The third-order valence-electron chi connectivity index (χ3n) is 4.52. The maximum atomic E-state index is 11.1. The first-order valence-electron chi connectivity index (χ1n) is 10.7. The van der Waals surface area contributed by atoms with E-state index < -0.39 is 0 Å². The summed E-state index contributed by atoms with van der Waals surface area (Å²) in [5, 5.41) is 9.56. The van der Waals surface area contributed by atoms with E-state index in [0.717, 1.165) is 62.1 Å². The van der Waals surface area contributed by atoms with Gasteiger partial charge in [0.2, 0.25) is 5.91 Å². The van der Waals surface area contributed by atoms with Crippen LogP contribution in [0, 0.1) is 0 Å². The van der Waals surface area contributed by atoms with Crippen LogP contribution in [0.2, 0.25) is 0 Å². The van der Waals surface area contributed by atoms with E-state index in [9.17, 15) is 4.79 Å². The van der Waals surface area contributed by atoms with Crippen molar-refractivity contribution in [1.82, 2.24) is 10.6 Å². The van der Waals surface area contributed by atoms with Crippen molar-refractivity contribution < 1.29 is 14.3 Å². The largest absolute Gasteiger partial charge is 0.497 e. The number of methoxy groups -OCH3 is 1. The van der Waals surface area contributed by atoms with Crippen LogP contribution in [0.1, 0.15) is 31.4 Å². The van der Waals surface area contributed by atoms with Crippen molar-refractivity contribution in [2.75, 3.05) is 38.7 Å². The minimum Gasteiger partial charge on any atom is -0.497 e. The average Bonchev–Trinajstić information content (AvgIpc) is 2.78. The van der Waals surface area contributed by atoms with Gasteiger partial charge < -0.3 is 25.4 Å². The van der Waals surface area contributed by atoms with E-state index in [1.807, 2.05) is 55.5 Å². The van der Waals surface area contributed by atoms with Crippen molar-refractivity contribution in [3.05, 3.63) is 59.7 Å². The summed E-state index contributed by atoms with van der Waals surface area (Å²) in [5.41, 5.74) is 3.11. The number of rotatable bonds is 12. The van der Waals surface area contributed by atoms with E-state index in [2.05, 4.69) is 16.0 Å². The van der Waals surface area contributed by atoms with Crippen molar-refractivity contribution in [3.8, 4) is 5.75 Å². The number of nitrogens with one attached hydrogen (secondary N) is 3. The minimum atomic E-state index is -0.0671. The van der Waals surface area contributed by atoms with E-state index in [1.165, 1.54) is 12.5 Å². The molecule has 176 valence electrons. The van der Waals surface area contributed by atoms with Crippen LogP contribution in [-0.4, -0.2) is 45.3 Å². The number of anilines is 1. The summed E-state index contributed by atoms with van der Waals surface area (Å²) >= 11 is 0. The number of halogens is 1. The number of carbonyl (C=O) groups is 1. The Balaban J connectivity index is 0.00000512. The quantitative estimate of drug-likeness (QED) is 0.160. The van der Waals surface area contributed by atoms with Gasteiger partial charge in [-0.2, -0.15) is 0 Å². The van der Waals surface area contributed by atoms with Gasteiger partial charge in [-0.15, -0.1) is 24.0 Å². The number of ether oxygens (including phenoxy) is 2. The molecule has 0 heterocycles. The molecule has 0 fully saturated rings. The van der Waals surface area contributed by atoms with Crippen LogP contribution >= 0.6 is 24.0 Å². The molecule has 2 aromatic carbocycles. The molecule has 0 spiro atoms. The molecular formula is C24H35IN4O3. The van der Waals surface area contributed by atoms with Crippen LogP contribution < -0.4 is 20.7 Å². The van der Waals surface area contributed by atoms with Gasteiger partial charge in [0.15, 0.2) is 5.96 Å². The minimum absolute atomic E-state index is 0. The zero-order valence-corrected chi connectivity index (χ0v) is 21.5. The number of hydrogen-bond acceptors (Lipinski definition) is 4. The number of aliphatic imine (C=N–C) groups is 1. The van der Waals surface area contributed by atoms with Gasteiger partial charge in [-0.25, -0.2) is 4.99 Å². The molecule has 8 heteroatoms. The van der Waals surface area contributed by atoms with E-state index in [4.69, 9.17) is 14.5 Å². The maximum Gasteiger partial charge on any atom is 0.221 e. The van der Waals surface area contributed by atoms with E-state index in [0.29, 0.717) is 6.54 Å². The molecule has 0 aliphatic carbocycles. The van der Waals surface area contributed by atoms with Crippen molar-refractivity contribution in [2.45, 2.75) is 33.2 Å². The first-order valence-corrected chi connectivity index (χ1v) is 10.7. The van der Waals surface area contributed by atoms with E-state index >= 15 is 0 Å². The Morgan fingerprint density at radius 2 is 1.62 bits per heavy atom. The van der Waals surface area contributed by atoms with Gasteiger partial charge in [0, 0.05) is 38.9 Å². The first-order chi connectivity index (χ1) is 15.1. The lowest BCUT2D eigenvalue weighted by atomic mass is 10.1. The molecule has 0 saturated carbocycles. The SMILES string of the molecule is CCOCCCNC(=NCc1ccc(OC)cc1)NCCc1ccc(NC(C)=O)cc1.I. The third-order valence-corrected chi connectivity index (χ3v) is 4.52. The molecule has 0 saturated heterocycles. The Hall–Kier alpha value is -2.33. The van der Waals surface area contributed by atoms with Crippen LogP contribution in [0.25, 0.3) is 0 Å². The fourth-order valence-corrected chi connectivity index (χ4v) is 2.88. The van der Waals surface area contributed by atoms with Gasteiger partial charge in [-0.05, 0) is 55.2 Å².